The molecule has 2 aliphatic heterocycles. The maximum Gasteiger partial charge on any atom is 0.256 e. The molecule has 2 aliphatic rings. The molecule has 0 bridgehead atoms. The van der Waals surface area contributed by atoms with Crippen molar-refractivity contribution in [2.24, 2.45) is 0 Å². The molecule has 7 nitrogen and oxygen atoms in total. The summed E-state index contributed by atoms with van der Waals surface area (Å²) in [5.41, 5.74) is 2.46. The standard InChI is InChI=1S/C21H17N3O4/c25-20-15-11-24(21(26)14-6-7-17-18(10-14)28-12-27-17)9-8-16(15)22-19(23-20)13-4-2-1-3-5-13/h1-7,10H,8-9,11-12H2,(H,22,23,25). The molecular formula is C21H17N3O4. The number of nitrogens with zero attached hydrogens (tertiary/aromatic N) is 2. The zero-order valence-electron chi connectivity index (χ0n) is 15.0. The number of nitrogens with one attached hydrogen (secondary N) is 1. The van der Waals surface area contributed by atoms with Crippen LogP contribution < -0.4 is 15.0 Å². The quantitative estimate of drug-likeness (QED) is 0.743. The Hall–Kier alpha value is -3.61. The van der Waals surface area contributed by atoms with Crippen molar-refractivity contribution in [3.05, 3.63) is 75.7 Å². The predicted octanol–water partition coefficient (Wildman–Crippen LogP) is 2.36. The van der Waals surface area contributed by atoms with E-state index in [0.717, 1.165) is 11.3 Å². The van der Waals surface area contributed by atoms with Crippen LogP contribution in [-0.2, 0) is 13.0 Å². The van der Waals surface area contributed by atoms with Crippen LogP contribution in [0.3, 0.4) is 0 Å². The molecule has 0 spiro atoms. The Morgan fingerprint density at radius 3 is 2.75 bits per heavy atom. The molecule has 1 amide bonds. The maximum absolute atomic E-state index is 12.9. The number of aromatic amines is 1. The lowest BCUT2D eigenvalue weighted by atomic mass is 10.0. The molecular weight excluding hydrogens is 358 g/mol. The lowest BCUT2D eigenvalue weighted by Crippen LogP contribution is -2.39. The molecule has 0 saturated carbocycles. The first-order valence-electron chi connectivity index (χ1n) is 9.05. The molecule has 0 radical (unpaired) electrons. The molecule has 2 aromatic carbocycles. The normalized spacial score (nSPS) is 14.6. The smallest absolute Gasteiger partial charge is 0.256 e. The number of benzene rings is 2. The average Bonchev–Trinajstić information content (AvgIpc) is 3.21. The van der Waals surface area contributed by atoms with Gasteiger partial charge in [-0.3, -0.25) is 9.59 Å². The minimum absolute atomic E-state index is 0.143. The summed E-state index contributed by atoms with van der Waals surface area (Å²) in [7, 11) is 0. The zero-order valence-corrected chi connectivity index (χ0v) is 15.0. The number of aromatic nitrogens is 2. The van der Waals surface area contributed by atoms with E-state index in [1.54, 1.807) is 23.1 Å². The molecule has 28 heavy (non-hydrogen) atoms. The number of carbonyl (C=O) groups excluding carboxylic acids is 1. The number of ether oxygens (including phenoxy) is 2. The number of fused-ring (bicyclic) bond motifs is 2. The Bertz CT molecular complexity index is 1120. The van der Waals surface area contributed by atoms with Gasteiger partial charge >= 0.3 is 0 Å². The summed E-state index contributed by atoms with van der Waals surface area (Å²) in [6, 6.07) is 14.7. The van der Waals surface area contributed by atoms with E-state index in [-0.39, 0.29) is 24.8 Å². The van der Waals surface area contributed by atoms with E-state index in [1.807, 2.05) is 30.3 Å². The third-order valence-corrected chi connectivity index (χ3v) is 5.02. The van der Waals surface area contributed by atoms with E-state index in [4.69, 9.17) is 9.47 Å². The maximum atomic E-state index is 12.9. The molecule has 140 valence electrons. The van der Waals surface area contributed by atoms with Crippen LogP contribution in [0, 0.1) is 0 Å². The van der Waals surface area contributed by atoms with Gasteiger partial charge < -0.3 is 19.4 Å². The molecule has 0 aliphatic carbocycles. The molecule has 0 saturated heterocycles. The van der Waals surface area contributed by atoms with Gasteiger partial charge in [0.05, 0.1) is 17.8 Å². The minimum Gasteiger partial charge on any atom is -0.454 e. The highest BCUT2D eigenvalue weighted by molar-refractivity contribution is 5.95. The van der Waals surface area contributed by atoms with Gasteiger partial charge in [-0.25, -0.2) is 4.98 Å². The van der Waals surface area contributed by atoms with E-state index < -0.39 is 0 Å². The summed E-state index contributed by atoms with van der Waals surface area (Å²) in [6.07, 6.45) is 0.537. The Balaban J connectivity index is 1.42. The van der Waals surface area contributed by atoms with Gasteiger partial charge in [0.15, 0.2) is 11.5 Å². The number of hydrogen-bond acceptors (Lipinski definition) is 5. The van der Waals surface area contributed by atoms with E-state index in [1.165, 1.54) is 0 Å². The summed E-state index contributed by atoms with van der Waals surface area (Å²) >= 11 is 0. The van der Waals surface area contributed by atoms with Crippen molar-refractivity contribution >= 4 is 5.91 Å². The van der Waals surface area contributed by atoms with Crippen molar-refractivity contribution in [2.75, 3.05) is 13.3 Å². The SMILES string of the molecule is O=C(c1ccc2c(c1)OCO2)N1CCc2nc(-c3ccccc3)[nH]c(=O)c2C1. The largest absolute Gasteiger partial charge is 0.454 e. The first-order valence-corrected chi connectivity index (χ1v) is 9.05. The van der Waals surface area contributed by atoms with E-state index in [9.17, 15) is 9.59 Å². The van der Waals surface area contributed by atoms with Crippen LogP contribution in [0.2, 0.25) is 0 Å². The Labute approximate surface area is 160 Å². The lowest BCUT2D eigenvalue weighted by molar-refractivity contribution is 0.0732. The number of H-pyrrole nitrogens is 1. The summed E-state index contributed by atoms with van der Waals surface area (Å²) in [4.78, 5) is 34.7. The fourth-order valence-electron chi connectivity index (χ4n) is 3.54. The molecule has 0 fully saturated rings. The van der Waals surface area contributed by atoms with Crippen molar-refractivity contribution in [2.45, 2.75) is 13.0 Å². The van der Waals surface area contributed by atoms with Crippen molar-refractivity contribution in [3.63, 3.8) is 0 Å². The second-order valence-electron chi connectivity index (χ2n) is 6.75. The lowest BCUT2D eigenvalue weighted by Gasteiger charge is -2.28. The minimum atomic E-state index is -0.202. The molecule has 7 heteroatoms. The van der Waals surface area contributed by atoms with Crippen LogP contribution in [0.4, 0.5) is 0 Å². The average molecular weight is 375 g/mol. The number of hydrogen-bond donors (Lipinski definition) is 1. The molecule has 3 aromatic rings. The first kappa shape index (κ1) is 16.6. The second-order valence-corrected chi connectivity index (χ2v) is 6.75. The third-order valence-electron chi connectivity index (χ3n) is 5.02. The van der Waals surface area contributed by atoms with E-state index in [2.05, 4.69) is 9.97 Å². The fraction of sp³-hybridized carbons (Fsp3) is 0.190. The predicted molar refractivity (Wildman–Crippen MR) is 101 cm³/mol. The summed E-state index contributed by atoms with van der Waals surface area (Å²) < 4.78 is 10.6. The van der Waals surface area contributed by atoms with Crippen molar-refractivity contribution in [3.8, 4) is 22.9 Å². The molecule has 0 unspecified atom stereocenters. The fourth-order valence-corrected chi connectivity index (χ4v) is 3.54. The molecule has 1 N–H and O–H groups in total. The molecule has 1 aromatic heterocycles. The van der Waals surface area contributed by atoms with Crippen molar-refractivity contribution in [1.29, 1.82) is 0 Å². The highest BCUT2D eigenvalue weighted by Gasteiger charge is 2.26. The van der Waals surface area contributed by atoms with Crippen molar-refractivity contribution in [1.82, 2.24) is 14.9 Å². The van der Waals surface area contributed by atoms with Gasteiger partial charge in [-0.05, 0) is 18.2 Å². The molecule has 5 rings (SSSR count). The van der Waals surface area contributed by atoms with Gasteiger partial charge in [-0.1, -0.05) is 30.3 Å². The van der Waals surface area contributed by atoms with Crippen LogP contribution in [0.25, 0.3) is 11.4 Å². The topological polar surface area (TPSA) is 84.5 Å². The van der Waals surface area contributed by atoms with E-state index >= 15 is 0 Å². The number of amides is 1. The monoisotopic (exact) mass is 375 g/mol. The zero-order chi connectivity index (χ0) is 19.1. The van der Waals surface area contributed by atoms with Gasteiger partial charge in [0.25, 0.3) is 11.5 Å². The Morgan fingerprint density at radius 2 is 1.89 bits per heavy atom. The van der Waals surface area contributed by atoms with Gasteiger partial charge in [-0.15, -0.1) is 0 Å². The number of carbonyl (C=O) groups is 1. The van der Waals surface area contributed by atoms with Crippen LogP contribution in [0.1, 0.15) is 21.6 Å². The summed E-state index contributed by atoms with van der Waals surface area (Å²) in [5.74, 6) is 1.61. The van der Waals surface area contributed by atoms with Crippen LogP contribution in [-0.4, -0.2) is 34.1 Å². The van der Waals surface area contributed by atoms with E-state index in [0.29, 0.717) is 41.4 Å². The summed E-state index contributed by atoms with van der Waals surface area (Å²) in [5, 5.41) is 0. The van der Waals surface area contributed by atoms with Crippen LogP contribution in [0.15, 0.2) is 53.3 Å². The molecule has 0 atom stereocenters. The first-order chi connectivity index (χ1) is 13.7. The van der Waals surface area contributed by atoms with Crippen LogP contribution in [0.5, 0.6) is 11.5 Å². The van der Waals surface area contributed by atoms with Gasteiger partial charge in [0.2, 0.25) is 6.79 Å². The number of rotatable bonds is 2. The Kier molecular flexibility index (Phi) is 3.86. The summed E-state index contributed by atoms with van der Waals surface area (Å²) in [6.45, 7) is 0.903. The molecule has 3 heterocycles. The Morgan fingerprint density at radius 1 is 1.07 bits per heavy atom. The highest BCUT2D eigenvalue weighted by atomic mass is 16.7. The van der Waals surface area contributed by atoms with Gasteiger partial charge in [-0.2, -0.15) is 0 Å². The van der Waals surface area contributed by atoms with Gasteiger partial charge in [0, 0.05) is 24.1 Å². The second kappa shape index (κ2) is 6.53. The van der Waals surface area contributed by atoms with Crippen molar-refractivity contribution < 1.29 is 14.3 Å². The van der Waals surface area contributed by atoms with Crippen LogP contribution >= 0.6 is 0 Å². The third kappa shape index (κ3) is 2.81. The highest BCUT2D eigenvalue weighted by Crippen LogP contribution is 2.33. The van der Waals surface area contributed by atoms with Gasteiger partial charge in [0.1, 0.15) is 5.82 Å².